The molecule has 1 saturated carbocycles. The van der Waals surface area contributed by atoms with Crippen molar-refractivity contribution in [3.63, 3.8) is 0 Å². The first-order valence-corrected chi connectivity index (χ1v) is 21.9. The third-order valence-corrected chi connectivity index (χ3v) is 14.3. The summed E-state index contributed by atoms with van der Waals surface area (Å²) in [6.45, 7) is 14.8. The van der Waals surface area contributed by atoms with Gasteiger partial charge < -0.3 is 35.2 Å². The van der Waals surface area contributed by atoms with Crippen LogP contribution in [0.5, 0.6) is 5.75 Å². The molecule has 5 aliphatic rings. The van der Waals surface area contributed by atoms with E-state index in [1.165, 1.54) is 6.07 Å². The summed E-state index contributed by atoms with van der Waals surface area (Å²) in [5.41, 5.74) is 3.65. The van der Waals surface area contributed by atoms with Gasteiger partial charge in [-0.1, -0.05) is 27.7 Å². The van der Waals surface area contributed by atoms with Crippen LogP contribution in [0.3, 0.4) is 0 Å². The molecule has 3 amide bonds. The molecule has 0 radical (unpaired) electrons. The number of benzene rings is 3. The number of hydrogen-bond donors (Lipinski definition) is 3. The summed E-state index contributed by atoms with van der Waals surface area (Å²) in [4.78, 5) is 52.4. The fraction of sp³-hybridized carbons (Fsp3) is 0.479. The molecule has 5 heterocycles. The van der Waals surface area contributed by atoms with E-state index in [1.54, 1.807) is 29.3 Å². The molecule has 1 aromatic heterocycles. The van der Waals surface area contributed by atoms with Gasteiger partial charge in [0.2, 0.25) is 5.91 Å². The lowest BCUT2D eigenvalue weighted by atomic mass is 9.49. The number of nitrogens with zero attached hydrogens (tertiary/aromatic N) is 6. The van der Waals surface area contributed by atoms with E-state index in [4.69, 9.17) is 4.74 Å². The molecule has 4 fully saturated rings. The fourth-order valence-electron chi connectivity index (χ4n) is 11.2. The molecule has 9 rings (SSSR count). The van der Waals surface area contributed by atoms with Crippen molar-refractivity contribution in [3.05, 3.63) is 94.9 Å². The van der Waals surface area contributed by atoms with Crippen molar-refractivity contribution >= 4 is 40.0 Å². The Kier molecular flexibility index (Phi) is 10.8. The predicted molar refractivity (Wildman–Crippen MR) is 233 cm³/mol. The standard InChI is InChI=1S/C48H55FN8O5/c1-47(2)45(48(3,4)46(47)62-39-13-8-31(26-50)41-35(39)6-5-17-51-41)53-42(59)30-7-11-37(36(49)25-30)56-18-15-29(16-19-56)27-54-20-22-55(23-21-54)33-9-10-34-32(24-33)28-57(44(34)61)38-12-14-40(58)52-43(38)60/h5-11,13,17,24-25,29,38,40,45-46,58H,12,14-16,18-23,27-28H2,1-4H3,(H,52,60)(H,53,59). The summed E-state index contributed by atoms with van der Waals surface area (Å²) in [6, 6.07) is 19.4. The van der Waals surface area contributed by atoms with Crippen molar-refractivity contribution in [2.45, 2.75) is 84.3 Å². The number of hydrogen-bond acceptors (Lipinski definition) is 10. The summed E-state index contributed by atoms with van der Waals surface area (Å²) >= 11 is 0. The molecule has 0 spiro atoms. The number of nitrogens with one attached hydrogen (secondary N) is 2. The van der Waals surface area contributed by atoms with Gasteiger partial charge in [-0.3, -0.25) is 24.3 Å². The Bertz CT molecular complexity index is 2440. The maximum absolute atomic E-state index is 15.8. The summed E-state index contributed by atoms with van der Waals surface area (Å²) in [5.74, 6) is -0.00122. The minimum atomic E-state index is -0.853. The Labute approximate surface area is 361 Å². The molecule has 2 atom stereocenters. The number of amides is 3. The second kappa shape index (κ2) is 16.2. The molecule has 4 aromatic rings. The third-order valence-electron chi connectivity index (χ3n) is 14.3. The van der Waals surface area contributed by atoms with Gasteiger partial charge in [-0.15, -0.1) is 0 Å². The van der Waals surface area contributed by atoms with Gasteiger partial charge in [0.15, 0.2) is 0 Å². The quantitative estimate of drug-likeness (QED) is 0.198. The van der Waals surface area contributed by atoms with E-state index < -0.39 is 28.9 Å². The number of piperidine rings is 2. The topological polar surface area (TPSA) is 154 Å². The van der Waals surface area contributed by atoms with E-state index in [2.05, 4.69) is 70.1 Å². The summed E-state index contributed by atoms with van der Waals surface area (Å²) in [6.07, 6.45) is 3.35. The van der Waals surface area contributed by atoms with Gasteiger partial charge in [-0.25, -0.2) is 4.39 Å². The first kappa shape index (κ1) is 41.6. The zero-order valence-corrected chi connectivity index (χ0v) is 35.9. The van der Waals surface area contributed by atoms with Crippen LogP contribution in [-0.4, -0.2) is 108 Å². The number of ether oxygens (including phenoxy) is 1. The molecule has 1 aliphatic carbocycles. The largest absolute Gasteiger partial charge is 0.488 e. The number of fused-ring (bicyclic) bond motifs is 2. The van der Waals surface area contributed by atoms with Crippen LogP contribution in [0.2, 0.25) is 0 Å². The molecule has 3 saturated heterocycles. The van der Waals surface area contributed by atoms with E-state index >= 15 is 4.39 Å². The van der Waals surface area contributed by atoms with Crippen molar-refractivity contribution in [3.8, 4) is 11.8 Å². The molecular formula is C48H55FN8O5. The molecule has 2 unspecified atom stereocenters. The first-order chi connectivity index (χ1) is 29.7. The highest BCUT2D eigenvalue weighted by Gasteiger charge is 2.64. The van der Waals surface area contributed by atoms with Crippen LogP contribution in [0, 0.1) is 33.9 Å². The van der Waals surface area contributed by atoms with E-state index in [-0.39, 0.29) is 35.4 Å². The van der Waals surface area contributed by atoms with E-state index in [0.717, 1.165) is 75.3 Å². The first-order valence-electron chi connectivity index (χ1n) is 21.9. The highest BCUT2D eigenvalue weighted by molar-refractivity contribution is 6.01. The highest BCUT2D eigenvalue weighted by Crippen LogP contribution is 2.56. The third kappa shape index (κ3) is 7.49. The number of carbonyl (C=O) groups excluding carboxylic acids is 3. The zero-order valence-electron chi connectivity index (χ0n) is 35.9. The number of aliphatic hydroxyl groups excluding tert-OH is 1. The number of halogens is 1. The molecule has 62 heavy (non-hydrogen) atoms. The lowest BCUT2D eigenvalue weighted by molar-refractivity contribution is -0.163. The molecule has 3 N–H and O–H groups in total. The molecule has 4 aliphatic heterocycles. The molecule has 13 nitrogen and oxygen atoms in total. The molecule has 324 valence electrons. The van der Waals surface area contributed by atoms with Crippen LogP contribution in [0.1, 0.15) is 85.2 Å². The van der Waals surface area contributed by atoms with Crippen LogP contribution in [0.15, 0.2) is 66.9 Å². The smallest absolute Gasteiger partial charge is 0.255 e. The molecule has 0 bridgehead atoms. The number of aromatic nitrogens is 1. The van der Waals surface area contributed by atoms with E-state index in [1.807, 2.05) is 30.3 Å². The Morgan fingerprint density at radius 3 is 2.42 bits per heavy atom. The van der Waals surface area contributed by atoms with Crippen LogP contribution >= 0.6 is 0 Å². The van der Waals surface area contributed by atoms with Crippen LogP contribution in [0.25, 0.3) is 10.9 Å². The van der Waals surface area contributed by atoms with Crippen molar-refractivity contribution in [1.29, 1.82) is 5.26 Å². The van der Waals surface area contributed by atoms with Gasteiger partial charge in [0.1, 0.15) is 36.0 Å². The van der Waals surface area contributed by atoms with Crippen LogP contribution in [-0.2, 0) is 11.3 Å². The molecular weight excluding hydrogens is 788 g/mol. The number of pyridine rings is 1. The van der Waals surface area contributed by atoms with E-state index in [9.17, 15) is 24.8 Å². The Balaban J connectivity index is 0.747. The number of rotatable bonds is 9. The summed E-state index contributed by atoms with van der Waals surface area (Å²) in [5, 5.41) is 25.9. The number of aliphatic hydroxyl groups is 1. The highest BCUT2D eigenvalue weighted by atomic mass is 19.1. The average Bonchev–Trinajstić information content (AvgIpc) is 3.59. The van der Waals surface area contributed by atoms with Gasteiger partial charge in [0.25, 0.3) is 11.8 Å². The van der Waals surface area contributed by atoms with Crippen molar-refractivity contribution in [2.24, 2.45) is 16.7 Å². The second-order valence-corrected chi connectivity index (χ2v) is 18.9. The normalized spacial score (nSPS) is 24.9. The Morgan fingerprint density at radius 1 is 0.952 bits per heavy atom. The summed E-state index contributed by atoms with van der Waals surface area (Å²) in [7, 11) is 0. The van der Waals surface area contributed by atoms with Crippen molar-refractivity contribution in [2.75, 3.05) is 55.6 Å². The minimum absolute atomic E-state index is 0.130. The predicted octanol–water partition coefficient (Wildman–Crippen LogP) is 5.45. The van der Waals surface area contributed by atoms with Gasteiger partial charge in [-0.05, 0) is 97.8 Å². The lowest BCUT2D eigenvalue weighted by Crippen LogP contribution is -2.74. The van der Waals surface area contributed by atoms with Gasteiger partial charge in [-0.2, -0.15) is 5.26 Å². The summed E-state index contributed by atoms with van der Waals surface area (Å²) < 4.78 is 22.4. The number of carbonyl (C=O) groups is 3. The van der Waals surface area contributed by atoms with Gasteiger partial charge >= 0.3 is 0 Å². The monoisotopic (exact) mass is 842 g/mol. The number of piperazine rings is 1. The Hall–Kier alpha value is -5.78. The SMILES string of the molecule is CC1(C)C(NC(=O)c2ccc(N3CCC(CN4CCN(c5ccc6c(c5)CN(C5CCC(O)NC5=O)C6=O)CC4)CC3)c(F)c2)C(C)(C)C1Oc1ccc(C#N)c2ncccc12. The molecule has 14 heteroatoms. The zero-order chi connectivity index (χ0) is 43.5. The number of nitriles is 1. The van der Waals surface area contributed by atoms with Crippen LogP contribution in [0.4, 0.5) is 15.8 Å². The average molecular weight is 843 g/mol. The van der Waals surface area contributed by atoms with Crippen LogP contribution < -0.4 is 25.2 Å². The number of anilines is 2. The Morgan fingerprint density at radius 2 is 1.71 bits per heavy atom. The minimum Gasteiger partial charge on any atom is -0.488 e. The van der Waals surface area contributed by atoms with Gasteiger partial charge in [0.05, 0.1) is 16.8 Å². The van der Waals surface area contributed by atoms with Crippen molar-refractivity contribution < 1.29 is 28.6 Å². The molecule has 3 aromatic carbocycles. The second-order valence-electron chi connectivity index (χ2n) is 18.9. The van der Waals surface area contributed by atoms with E-state index in [0.29, 0.717) is 53.4 Å². The van der Waals surface area contributed by atoms with Gasteiger partial charge in [0, 0.05) is 97.6 Å². The maximum atomic E-state index is 15.8. The fourth-order valence-corrected chi connectivity index (χ4v) is 11.2. The van der Waals surface area contributed by atoms with Crippen molar-refractivity contribution in [1.82, 2.24) is 25.4 Å². The maximum Gasteiger partial charge on any atom is 0.255 e. The lowest BCUT2D eigenvalue weighted by Gasteiger charge is -2.63.